The summed E-state index contributed by atoms with van der Waals surface area (Å²) >= 11 is 7.13. The van der Waals surface area contributed by atoms with Gasteiger partial charge in [0.1, 0.15) is 0 Å². The van der Waals surface area contributed by atoms with E-state index in [1.54, 1.807) is 0 Å². The van der Waals surface area contributed by atoms with E-state index in [0.29, 0.717) is 0 Å². The molecule has 2 rings (SSSR count). The fraction of sp³-hybridized carbons (Fsp3) is 0.400. The Morgan fingerprint density at radius 3 is 2.55 bits per heavy atom. The van der Waals surface area contributed by atoms with E-state index in [4.69, 9.17) is 5.73 Å². The summed E-state index contributed by atoms with van der Waals surface area (Å²) in [5, 5.41) is 4.62. The average molecular weight is 401 g/mol. The van der Waals surface area contributed by atoms with Gasteiger partial charge in [0.15, 0.2) is 0 Å². The van der Waals surface area contributed by atoms with E-state index in [-0.39, 0.29) is 6.04 Å². The van der Waals surface area contributed by atoms with Crippen molar-refractivity contribution in [2.24, 2.45) is 5.73 Å². The van der Waals surface area contributed by atoms with Gasteiger partial charge in [-0.05, 0) is 60.3 Å². The van der Waals surface area contributed by atoms with E-state index >= 15 is 0 Å². The Morgan fingerprint density at radius 2 is 2.00 bits per heavy atom. The highest BCUT2D eigenvalue weighted by molar-refractivity contribution is 9.10. The first-order valence-electron chi connectivity index (χ1n) is 6.70. The molecule has 0 saturated heterocycles. The van der Waals surface area contributed by atoms with Gasteiger partial charge in [-0.2, -0.15) is 5.10 Å². The zero-order valence-corrected chi connectivity index (χ0v) is 15.1. The molecule has 0 aliphatic carbocycles. The molecule has 1 aromatic carbocycles. The van der Waals surface area contributed by atoms with Crippen molar-refractivity contribution >= 4 is 31.9 Å². The highest BCUT2D eigenvalue weighted by Gasteiger charge is 2.15. The summed E-state index contributed by atoms with van der Waals surface area (Å²) < 4.78 is 4.09. The number of rotatable bonds is 4. The third kappa shape index (κ3) is 3.15. The highest BCUT2D eigenvalue weighted by atomic mass is 79.9. The first-order chi connectivity index (χ1) is 9.43. The Hall–Kier alpha value is -0.650. The SMILES string of the molecule is CCC(N)Cc1ccc(Br)cc1-n1nc(C)c(Br)c1C. The summed E-state index contributed by atoms with van der Waals surface area (Å²) in [5.74, 6) is 0. The lowest BCUT2D eigenvalue weighted by Gasteiger charge is -2.15. The van der Waals surface area contributed by atoms with Crippen LogP contribution in [0.2, 0.25) is 0 Å². The van der Waals surface area contributed by atoms with Crippen molar-refractivity contribution < 1.29 is 0 Å². The summed E-state index contributed by atoms with van der Waals surface area (Å²) in [4.78, 5) is 0. The molecule has 0 bridgehead atoms. The van der Waals surface area contributed by atoms with Gasteiger partial charge >= 0.3 is 0 Å². The molecule has 2 aromatic rings. The molecule has 3 nitrogen and oxygen atoms in total. The number of hydrogen-bond acceptors (Lipinski definition) is 2. The molecule has 1 heterocycles. The molecular weight excluding hydrogens is 382 g/mol. The fourth-order valence-corrected chi connectivity index (χ4v) is 2.79. The monoisotopic (exact) mass is 399 g/mol. The molecule has 0 radical (unpaired) electrons. The number of hydrogen-bond donors (Lipinski definition) is 1. The van der Waals surface area contributed by atoms with E-state index in [1.165, 1.54) is 5.56 Å². The normalized spacial score (nSPS) is 12.7. The van der Waals surface area contributed by atoms with Crippen LogP contribution in [0.1, 0.15) is 30.3 Å². The summed E-state index contributed by atoms with van der Waals surface area (Å²) in [6.45, 7) is 6.18. The third-order valence-corrected chi connectivity index (χ3v) is 5.13. The summed E-state index contributed by atoms with van der Waals surface area (Å²) in [7, 11) is 0. The number of aromatic nitrogens is 2. The van der Waals surface area contributed by atoms with Gasteiger partial charge < -0.3 is 5.73 Å². The quantitative estimate of drug-likeness (QED) is 0.831. The van der Waals surface area contributed by atoms with E-state index in [9.17, 15) is 0 Å². The second kappa shape index (κ2) is 6.41. The molecule has 20 heavy (non-hydrogen) atoms. The maximum atomic E-state index is 6.11. The molecule has 1 atom stereocenters. The van der Waals surface area contributed by atoms with Crippen LogP contribution in [-0.2, 0) is 6.42 Å². The molecule has 1 aromatic heterocycles. The van der Waals surface area contributed by atoms with Gasteiger partial charge in [0.2, 0.25) is 0 Å². The minimum Gasteiger partial charge on any atom is -0.327 e. The van der Waals surface area contributed by atoms with Crippen LogP contribution in [0.15, 0.2) is 27.1 Å². The summed E-state index contributed by atoms with van der Waals surface area (Å²) in [6.07, 6.45) is 1.82. The molecular formula is C15H19Br2N3. The van der Waals surface area contributed by atoms with Crippen molar-refractivity contribution in [3.8, 4) is 5.69 Å². The van der Waals surface area contributed by atoms with E-state index in [0.717, 1.165) is 38.9 Å². The maximum absolute atomic E-state index is 6.11. The van der Waals surface area contributed by atoms with E-state index in [1.807, 2.05) is 11.6 Å². The largest absolute Gasteiger partial charge is 0.327 e. The topological polar surface area (TPSA) is 43.8 Å². The molecule has 0 saturated carbocycles. The lowest BCUT2D eigenvalue weighted by atomic mass is 10.0. The lowest BCUT2D eigenvalue weighted by molar-refractivity contribution is 0.641. The van der Waals surface area contributed by atoms with Gasteiger partial charge in [0.05, 0.1) is 21.5 Å². The van der Waals surface area contributed by atoms with Gasteiger partial charge in [-0.25, -0.2) is 4.68 Å². The lowest BCUT2D eigenvalue weighted by Crippen LogP contribution is -2.22. The molecule has 0 fully saturated rings. The Bertz CT molecular complexity index is 620. The predicted octanol–water partition coefficient (Wildman–Crippen LogP) is 4.29. The Balaban J connectivity index is 2.53. The van der Waals surface area contributed by atoms with E-state index in [2.05, 4.69) is 69.0 Å². The van der Waals surface area contributed by atoms with Crippen LogP contribution in [0.25, 0.3) is 5.69 Å². The van der Waals surface area contributed by atoms with Gasteiger partial charge in [-0.15, -0.1) is 0 Å². The molecule has 5 heteroatoms. The van der Waals surface area contributed by atoms with Gasteiger partial charge in [0, 0.05) is 10.5 Å². The number of nitrogens with two attached hydrogens (primary N) is 1. The average Bonchev–Trinajstić information content (AvgIpc) is 2.68. The molecule has 2 N–H and O–H groups in total. The smallest absolute Gasteiger partial charge is 0.0743 e. The van der Waals surface area contributed by atoms with Crippen molar-refractivity contribution in [1.29, 1.82) is 0 Å². The summed E-state index contributed by atoms with van der Waals surface area (Å²) in [5.41, 5.74) is 10.5. The maximum Gasteiger partial charge on any atom is 0.0743 e. The van der Waals surface area contributed by atoms with Crippen LogP contribution in [-0.4, -0.2) is 15.8 Å². The third-order valence-electron chi connectivity index (χ3n) is 3.49. The molecule has 0 aliphatic heterocycles. The van der Waals surface area contributed by atoms with Gasteiger partial charge in [0.25, 0.3) is 0 Å². The zero-order chi connectivity index (χ0) is 14.9. The van der Waals surface area contributed by atoms with Gasteiger partial charge in [-0.1, -0.05) is 28.9 Å². The first kappa shape index (κ1) is 15.7. The van der Waals surface area contributed by atoms with Crippen LogP contribution in [0.5, 0.6) is 0 Å². The number of benzene rings is 1. The van der Waals surface area contributed by atoms with Gasteiger partial charge in [-0.3, -0.25) is 0 Å². The number of nitrogens with zero attached hydrogens (tertiary/aromatic N) is 2. The second-order valence-electron chi connectivity index (χ2n) is 5.04. The molecule has 0 aliphatic rings. The summed E-state index contributed by atoms with van der Waals surface area (Å²) in [6, 6.07) is 6.46. The van der Waals surface area contributed by atoms with Crippen LogP contribution in [0.4, 0.5) is 0 Å². The molecule has 1 unspecified atom stereocenters. The minimum atomic E-state index is 0.176. The first-order valence-corrected chi connectivity index (χ1v) is 8.28. The number of halogens is 2. The fourth-order valence-electron chi connectivity index (χ4n) is 2.19. The van der Waals surface area contributed by atoms with Crippen LogP contribution in [0.3, 0.4) is 0 Å². The number of aryl methyl sites for hydroxylation is 1. The molecule has 0 spiro atoms. The Morgan fingerprint density at radius 1 is 1.30 bits per heavy atom. The van der Waals surface area contributed by atoms with E-state index < -0.39 is 0 Å². The van der Waals surface area contributed by atoms with Crippen molar-refractivity contribution in [2.75, 3.05) is 0 Å². The standard InChI is InChI=1S/C15H19Br2N3/c1-4-13(18)7-11-5-6-12(16)8-14(11)20-10(3)15(17)9(2)19-20/h5-6,8,13H,4,7,18H2,1-3H3. The van der Waals surface area contributed by atoms with Crippen molar-refractivity contribution in [1.82, 2.24) is 9.78 Å². The van der Waals surface area contributed by atoms with Crippen LogP contribution >= 0.6 is 31.9 Å². The molecule has 108 valence electrons. The van der Waals surface area contributed by atoms with Crippen molar-refractivity contribution in [3.05, 3.63) is 44.1 Å². The Labute approximate surface area is 136 Å². The van der Waals surface area contributed by atoms with Crippen LogP contribution < -0.4 is 5.73 Å². The highest BCUT2D eigenvalue weighted by Crippen LogP contribution is 2.27. The van der Waals surface area contributed by atoms with Crippen molar-refractivity contribution in [3.63, 3.8) is 0 Å². The van der Waals surface area contributed by atoms with Crippen molar-refractivity contribution in [2.45, 2.75) is 39.7 Å². The predicted molar refractivity (Wildman–Crippen MR) is 90.4 cm³/mol. The zero-order valence-electron chi connectivity index (χ0n) is 12.0. The Kier molecular flexibility index (Phi) is 5.04. The minimum absolute atomic E-state index is 0.176. The second-order valence-corrected chi connectivity index (χ2v) is 6.75. The molecule has 0 amide bonds. The van der Waals surface area contributed by atoms with Crippen LogP contribution in [0, 0.1) is 13.8 Å².